The molecule has 1 aromatic carbocycles. The number of likely N-dealkylation sites (tertiary alicyclic amines) is 1. The van der Waals surface area contributed by atoms with Gasteiger partial charge in [-0.1, -0.05) is 23.3 Å². The minimum absolute atomic E-state index is 0.0982. The summed E-state index contributed by atoms with van der Waals surface area (Å²) in [5.41, 5.74) is 3.24. The van der Waals surface area contributed by atoms with Crippen LogP contribution in [0.15, 0.2) is 46.7 Å². The van der Waals surface area contributed by atoms with Crippen molar-refractivity contribution in [1.82, 2.24) is 9.80 Å². The third kappa shape index (κ3) is 6.49. The van der Waals surface area contributed by atoms with Gasteiger partial charge in [-0.3, -0.25) is 4.79 Å². The van der Waals surface area contributed by atoms with E-state index in [4.69, 9.17) is 16.3 Å². The summed E-state index contributed by atoms with van der Waals surface area (Å²) in [6.45, 7) is 6.85. The van der Waals surface area contributed by atoms with Crippen LogP contribution in [0.2, 0.25) is 5.02 Å². The molecule has 4 rings (SSSR count). The second-order valence-electron chi connectivity index (χ2n) is 9.92. The lowest BCUT2D eigenvalue weighted by molar-refractivity contribution is -0.111. The second-order valence-corrected chi connectivity index (χ2v) is 11.1. The Morgan fingerprint density at radius 1 is 1.26 bits per heavy atom. The molecule has 2 aromatic rings. The van der Waals surface area contributed by atoms with Crippen LogP contribution < -0.4 is 4.74 Å². The van der Waals surface area contributed by atoms with Crippen molar-refractivity contribution in [2.75, 3.05) is 40.8 Å². The smallest absolute Gasteiger partial charge is 0.254 e. The maximum Gasteiger partial charge on any atom is 0.254 e. The number of hydrogen-bond donors (Lipinski definition) is 0. The highest BCUT2D eigenvalue weighted by atomic mass is 35.5. The third-order valence-corrected chi connectivity index (χ3v) is 7.66. The first-order valence-corrected chi connectivity index (χ1v) is 12.9. The number of aldehydes is 1. The van der Waals surface area contributed by atoms with E-state index in [1.165, 1.54) is 30.8 Å². The molecular weight excluding hydrogens is 468 g/mol. The lowest BCUT2D eigenvalue weighted by Gasteiger charge is -2.30. The highest BCUT2D eigenvalue weighted by Crippen LogP contribution is 2.53. The minimum Gasteiger partial charge on any atom is -0.493 e. The standard InChI is InChI=1S/C19H25ClN2O2.C8H10OS/c1-21(2)18(23)16-5-4-15(12-17(16)20)24-11-6-14-13-19(14)7-9-22(3)10-8-19;1-8(2,6-9)7-3-4-10-5-7/h4-5,12-13H,6-11H2,1-3H3;3-6H,1-2H3. The van der Waals surface area contributed by atoms with Crippen LogP contribution in [0.1, 0.15) is 49.0 Å². The zero-order valence-corrected chi connectivity index (χ0v) is 22.3. The molecule has 0 N–H and O–H groups in total. The van der Waals surface area contributed by atoms with Crippen molar-refractivity contribution in [3.8, 4) is 5.75 Å². The molecule has 34 heavy (non-hydrogen) atoms. The van der Waals surface area contributed by atoms with Gasteiger partial charge >= 0.3 is 0 Å². The molecule has 1 saturated heterocycles. The number of rotatable bonds is 7. The number of benzene rings is 1. The topological polar surface area (TPSA) is 49.9 Å². The molecule has 0 atom stereocenters. The van der Waals surface area contributed by atoms with Crippen LogP contribution in [0, 0.1) is 5.41 Å². The molecule has 0 radical (unpaired) electrons. The average Bonchev–Trinajstić information content (AvgIpc) is 3.19. The maximum atomic E-state index is 12.0. The molecule has 1 aromatic heterocycles. The number of nitrogens with zero attached hydrogens (tertiary/aromatic N) is 2. The SMILES string of the molecule is CC(C)(C=O)c1ccsc1.CN1CCC2(C=C2CCOc2ccc(C(=O)N(C)C)c(Cl)c2)CC1. The van der Waals surface area contributed by atoms with Crippen molar-refractivity contribution in [1.29, 1.82) is 0 Å². The van der Waals surface area contributed by atoms with Crippen molar-refractivity contribution in [2.45, 2.75) is 38.5 Å². The first kappa shape index (κ1) is 26.5. The molecule has 1 spiro atoms. The summed E-state index contributed by atoms with van der Waals surface area (Å²) < 4.78 is 5.83. The zero-order chi connectivity index (χ0) is 24.9. The molecule has 1 aliphatic heterocycles. The van der Waals surface area contributed by atoms with E-state index in [1.54, 1.807) is 43.1 Å². The van der Waals surface area contributed by atoms with Gasteiger partial charge in [-0.15, -0.1) is 0 Å². The lowest BCUT2D eigenvalue weighted by atomic mass is 9.87. The lowest BCUT2D eigenvalue weighted by Crippen LogP contribution is -2.32. The van der Waals surface area contributed by atoms with Crippen LogP contribution in [-0.2, 0) is 10.2 Å². The molecule has 1 fully saturated rings. The Labute approximate surface area is 212 Å². The number of carbonyl (C=O) groups excluding carboxylic acids is 2. The quantitative estimate of drug-likeness (QED) is 0.360. The second kappa shape index (κ2) is 11.1. The fourth-order valence-electron chi connectivity index (χ4n) is 4.08. The minimum atomic E-state index is -0.306. The van der Waals surface area contributed by atoms with Crippen LogP contribution in [-0.4, -0.2) is 62.8 Å². The Morgan fingerprint density at radius 3 is 2.53 bits per heavy atom. The molecule has 184 valence electrons. The predicted octanol–water partition coefficient (Wildman–Crippen LogP) is 5.69. The Bertz CT molecular complexity index is 1020. The van der Waals surface area contributed by atoms with E-state index in [1.807, 2.05) is 36.7 Å². The summed E-state index contributed by atoms with van der Waals surface area (Å²) in [5, 5.41) is 4.43. The molecule has 5 nitrogen and oxygen atoms in total. The zero-order valence-electron chi connectivity index (χ0n) is 20.8. The summed E-state index contributed by atoms with van der Waals surface area (Å²) in [4.78, 5) is 26.4. The van der Waals surface area contributed by atoms with Crippen molar-refractivity contribution in [2.24, 2.45) is 5.41 Å². The van der Waals surface area contributed by atoms with Gasteiger partial charge < -0.3 is 19.3 Å². The summed E-state index contributed by atoms with van der Waals surface area (Å²) in [5.74, 6) is 0.618. The molecule has 2 heterocycles. The van der Waals surface area contributed by atoms with Crippen LogP contribution in [0.4, 0.5) is 0 Å². The van der Waals surface area contributed by atoms with Crippen molar-refractivity contribution in [3.05, 3.63) is 62.8 Å². The van der Waals surface area contributed by atoms with Gasteiger partial charge in [-0.2, -0.15) is 11.3 Å². The van der Waals surface area contributed by atoms with E-state index in [0.29, 0.717) is 28.4 Å². The monoisotopic (exact) mass is 502 g/mol. The molecule has 0 unspecified atom stereocenters. The van der Waals surface area contributed by atoms with Gasteiger partial charge in [-0.25, -0.2) is 0 Å². The number of thiophene rings is 1. The van der Waals surface area contributed by atoms with Gasteiger partial charge in [0.05, 0.1) is 17.2 Å². The first-order valence-electron chi connectivity index (χ1n) is 11.6. The van der Waals surface area contributed by atoms with Gasteiger partial charge in [0.1, 0.15) is 12.0 Å². The number of piperidine rings is 1. The number of halogens is 1. The van der Waals surface area contributed by atoms with Crippen LogP contribution >= 0.6 is 22.9 Å². The fraction of sp³-hybridized carbons (Fsp3) is 0.481. The Kier molecular flexibility index (Phi) is 8.61. The molecule has 7 heteroatoms. The highest BCUT2D eigenvalue weighted by molar-refractivity contribution is 7.08. The van der Waals surface area contributed by atoms with Crippen molar-refractivity contribution >= 4 is 35.1 Å². The number of allylic oxidation sites excluding steroid dienone is 1. The summed E-state index contributed by atoms with van der Waals surface area (Å²) >= 11 is 7.83. The van der Waals surface area contributed by atoms with Crippen LogP contribution in [0.3, 0.4) is 0 Å². The van der Waals surface area contributed by atoms with Gasteiger partial charge in [0, 0.05) is 31.3 Å². The molecule has 0 bridgehead atoms. The fourth-order valence-corrected chi connectivity index (χ4v) is 5.16. The summed E-state index contributed by atoms with van der Waals surface area (Å²) in [6, 6.07) is 7.26. The molecular formula is C27H35ClN2O3S. The van der Waals surface area contributed by atoms with Crippen molar-refractivity contribution in [3.63, 3.8) is 0 Å². The summed E-state index contributed by atoms with van der Waals surface area (Å²) in [7, 11) is 5.61. The van der Waals surface area contributed by atoms with Crippen molar-refractivity contribution < 1.29 is 14.3 Å². The maximum absolute atomic E-state index is 12.0. The Hall–Kier alpha value is -2.15. The third-order valence-electron chi connectivity index (χ3n) is 6.66. The van der Waals surface area contributed by atoms with E-state index < -0.39 is 0 Å². The van der Waals surface area contributed by atoms with Crippen LogP contribution in [0.25, 0.3) is 0 Å². The molecule has 0 saturated carbocycles. The van der Waals surface area contributed by atoms with E-state index in [9.17, 15) is 9.59 Å². The summed E-state index contributed by atoms with van der Waals surface area (Å²) in [6.07, 6.45) is 6.86. The number of amides is 1. The first-order chi connectivity index (χ1) is 16.1. The Balaban J connectivity index is 0.000000271. The highest BCUT2D eigenvalue weighted by Gasteiger charge is 2.44. The van der Waals surface area contributed by atoms with Gasteiger partial charge in [0.2, 0.25) is 0 Å². The van der Waals surface area contributed by atoms with Gasteiger partial charge in [0.15, 0.2) is 0 Å². The molecule has 2 aliphatic rings. The predicted molar refractivity (Wildman–Crippen MR) is 140 cm³/mol. The number of carbonyl (C=O) groups is 2. The van der Waals surface area contributed by atoms with E-state index >= 15 is 0 Å². The molecule has 1 amide bonds. The van der Waals surface area contributed by atoms with E-state index in [2.05, 4.69) is 18.0 Å². The number of ether oxygens (including phenoxy) is 1. The van der Waals surface area contributed by atoms with Gasteiger partial charge in [0.25, 0.3) is 5.91 Å². The number of hydrogen-bond acceptors (Lipinski definition) is 5. The molecule has 1 aliphatic carbocycles. The van der Waals surface area contributed by atoms with Crippen LogP contribution in [0.5, 0.6) is 5.75 Å². The average molecular weight is 503 g/mol. The normalized spacial score (nSPS) is 16.8. The Morgan fingerprint density at radius 2 is 1.97 bits per heavy atom. The van der Waals surface area contributed by atoms with Gasteiger partial charge in [-0.05, 0) is 87.4 Å². The van der Waals surface area contributed by atoms with E-state index in [-0.39, 0.29) is 11.3 Å². The largest absolute Gasteiger partial charge is 0.493 e. The van der Waals surface area contributed by atoms with E-state index in [0.717, 1.165) is 18.3 Å².